The van der Waals surface area contributed by atoms with Crippen molar-refractivity contribution in [2.24, 2.45) is 0 Å². The molecule has 1 aliphatic heterocycles. The van der Waals surface area contributed by atoms with Gasteiger partial charge in [-0.1, -0.05) is 12.1 Å². The maximum absolute atomic E-state index is 11.5. The Labute approximate surface area is 167 Å². The summed E-state index contributed by atoms with van der Waals surface area (Å²) < 4.78 is 0. The standard InChI is InChI=1S/C20H21N5O2S/c26-20(23-27)18-8-7-17(28-18)16-5-3-4-15(22-16)14-24-10-12-25(13-11-24)19-6-1-2-9-21-19/h1-9,27H,10-14H2,(H,23,26). The van der Waals surface area contributed by atoms with Gasteiger partial charge in [-0.05, 0) is 36.4 Å². The summed E-state index contributed by atoms with van der Waals surface area (Å²) in [5.41, 5.74) is 3.51. The fraction of sp³-hybridized carbons (Fsp3) is 0.250. The van der Waals surface area contributed by atoms with Gasteiger partial charge < -0.3 is 4.90 Å². The molecule has 1 fully saturated rings. The third-order valence-corrected chi connectivity index (χ3v) is 5.83. The van der Waals surface area contributed by atoms with Crippen molar-refractivity contribution in [2.75, 3.05) is 31.1 Å². The second-order valence-corrected chi connectivity index (χ2v) is 7.65. The minimum Gasteiger partial charge on any atom is -0.354 e. The van der Waals surface area contributed by atoms with Gasteiger partial charge in [-0.2, -0.15) is 0 Å². The maximum Gasteiger partial charge on any atom is 0.284 e. The summed E-state index contributed by atoms with van der Waals surface area (Å²) in [6.07, 6.45) is 1.83. The molecule has 4 heterocycles. The van der Waals surface area contributed by atoms with Crippen LogP contribution < -0.4 is 10.4 Å². The second kappa shape index (κ2) is 8.47. The molecule has 0 bridgehead atoms. The molecule has 0 saturated carbocycles. The van der Waals surface area contributed by atoms with Crippen LogP contribution in [0.3, 0.4) is 0 Å². The van der Waals surface area contributed by atoms with E-state index in [1.807, 2.05) is 48.7 Å². The zero-order valence-electron chi connectivity index (χ0n) is 15.3. The van der Waals surface area contributed by atoms with Crippen LogP contribution in [0.25, 0.3) is 10.6 Å². The fourth-order valence-electron chi connectivity index (χ4n) is 3.26. The van der Waals surface area contributed by atoms with Crippen LogP contribution in [-0.2, 0) is 6.54 Å². The Kier molecular flexibility index (Phi) is 5.61. The van der Waals surface area contributed by atoms with Crippen LogP contribution in [0.4, 0.5) is 5.82 Å². The van der Waals surface area contributed by atoms with E-state index in [1.165, 1.54) is 11.3 Å². The molecule has 3 aromatic heterocycles. The Balaban J connectivity index is 1.39. The first kappa shape index (κ1) is 18.5. The molecule has 4 rings (SSSR count). The molecule has 0 aromatic carbocycles. The molecule has 28 heavy (non-hydrogen) atoms. The number of nitrogens with zero attached hydrogens (tertiary/aromatic N) is 4. The summed E-state index contributed by atoms with van der Waals surface area (Å²) in [6.45, 7) is 4.60. The average Bonchev–Trinajstić information content (AvgIpc) is 3.25. The summed E-state index contributed by atoms with van der Waals surface area (Å²) in [5.74, 6) is 0.529. The molecule has 3 aromatic rings. The summed E-state index contributed by atoms with van der Waals surface area (Å²) in [5, 5.41) is 8.76. The Hall–Kier alpha value is -2.81. The highest BCUT2D eigenvalue weighted by molar-refractivity contribution is 7.17. The van der Waals surface area contributed by atoms with Gasteiger partial charge in [-0.25, -0.2) is 10.5 Å². The normalized spacial score (nSPS) is 14.8. The lowest BCUT2D eigenvalue weighted by Gasteiger charge is -2.35. The van der Waals surface area contributed by atoms with Crippen molar-refractivity contribution in [3.8, 4) is 10.6 Å². The molecule has 0 unspecified atom stereocenters. The van der Waals surface area contributed by atoms with Crippen molar-refractivity contribution in [3.05, 3.63) is 65.3 Å². The van der Waals surface area contributed by atoms with Crippen molar-refractivity contribution in [3.63, 3.8) is 0 Å². The van der Waals surface area contributed by atoms with Gasteiger partial charge >= 0.3 is 0 Å². The number of hydrogen-bond acceptors (Lipinski definition) is 7. The van der Waals surface area contributed by atoms with Crippen molar-refractivity contribution in [1.29, 1.82) is 0 Å². The smallest absolute Gasteiger partial charge is 0.284 e. The van der Waals surface area contributed by atoms with E-state index in [1.54, 1.807) is 11.5 Å². The van der Waals surface area contributed by atoms with Crippen LogP contribution in [-0.4, -0.2) is 52.2 Å². The lowest BCUT2D eigenvalue weighted by molar-refractivity contribution is 0.0711. The van der Waals surface area contributed by atoms with Crippen molar-refractivity contribution < 1.29 is 10.0 Å². The zero-order valence-corrected chi connectivity index (χ0v) is 16.1. The van der Waals surface area contributed by atoms with E-state index in [2.05, 4.69) is 14.8 Å². The number of thiophene rings is 1. The quantitative estimate of drug-likeness (QED) is 0.511. The van der Waals surface area contributed by atoms with Crippen LogP contribution in [0.2, 0.25) is 0 Å². The molecule has 7 nitrogen and oxygen atoms in total. The van der Waals surface area contributed by atoms with E-state index in [9.17, 15) is 4.79 Å². The predicted molar refractivity (Wildman–Crippen MR) is 109 cm³/mol. The molecule has 1 saturated heterocycles. The second-order valence-electron chi connectivity index (χ2n) is 6.57. The summed E-state index contributed by atoms with van der Waals surface area (Å²) in [6, 6.07) is 15.5. The third kappa shape index (κ3) is 4.19. The molecular weight excluding hydrogens is 374 g/mol. The summed E-state index contributed by atoms with van der Waals surface area (Å²) >= 11 is 1.31. The molecule has 0 aliphatic carbocycles. The SMILES string of the molecule is O=C(NO)c1ccc(-c2cccc(CN3CCN(c4ccccn4)CC3)n2)s1. The number of rotatable bonds is 5. The predicted octanol–water partition coefficient (Wildman–Crippen LogP) is 2.65. The van der Waals surface area contributed by atoms with Gasteiger partial charge in [0, 0.05) is 38.9 Å². The van der Waals surface area contributed by atoms with Gasteiger partial charge in [0.15, 0.2) is 0 Å². The summed E-state index contributed by atoms with van der Waals surface area (Å²) in [7, 11) is 0. The van der Waals surface area contributed by atoms with Crippen LogP contribution in [0, 0.1) is 0 Å². The molecule has 0 atom stereocenters. The number of pyridine rings is 2. The molecular formula is C20H21N5O2S. The van der Waals surface area contributed by atoms with Crippen molar-refractivity contribution >= 4 is 23.1 Å². The molecule has 0 spiro atoms. The van der Waals surface area contributed by atoms with E-state index < -0.39 is 5.91 Å². The highest BCUT2D eigenvalue weighted by atomic mass is 32.1. The molecule has 1 aliphatic rings. The van der Waals surface area contributed by atoms with E-state index in [4.69, 9.17) is 10.2 Å². The largest absolute Gasteiger partial charge is 0.354 e. The number of nitrogens with one attached hydrogen (secondary N) is 1. The van der Waals surface area contributed by atoms with Crippen LogP contribution in [0.15, 0.2) is 54.7 Å². The van der Waals surface area contributed by atoms with Gasteiger partial charge in [-0.3, -0.25) is 19.9 Å². The number of hydrogen-bond donors (Lipinski definition) is 2. The molecule has 1 amide bonds. The maximum atomic E-state index is 11.5. The van der Waals surface area contributed by atoms with Crippen LogP contribution in [0.5, 0.6) is 0 Å². The van der Waals surface area contributed by atoms with Gasteiger partial charge in [0.05, 0.1) is 21.1 Å². The average molecular weight is 395 g/mol. The van der Waals surface area contributed by atoms with E-state index in [0.717, 1.165) is 54.8 Å². The monoisotopic (exact) mass is 395 g/mol. The molecule has 2 N–H and O–H groups in total. The number of aromatic nitrogens is 2. The fourth-order valence-corrected chi connectivity index (χ4v) is 4.13. The highest BCUT2D eigenvalue weighted by Crippen LogP contribution is 2.27. The van der Waals surface area contributed by atoms with Crippen LogP contribution in [0.1, 0.15) is 15.4 Å². The minimum absolute atomic E-state index is 0.454. The lowest BCUT2D eigenvalue weighted by Crippen LogP contribution is -2.46. The number of piperazine rings is 1. The first-order chi connectivity index (χ1) is 13.7. The molecule has 144 valence electrons. The van der Waals surface area contributed by atoms with Crippen molar-refractivity contribution in [2.45, 2.75) is 6.54 Å². The summed E-state index contributed by atoms with van der Waals surface area (Å²) in [4.78, 5) is 26.8. The third-order valence-electron chi connectivity index (χ3n) is 4.72. The highest BCUT2D eigenvalue weighted by Gasteiger charge is 2.18. The van der Waals surface area contributed by atoms with Gasteiger partial charge in [0.1, 0.15) is 5.82 Å². The number of anilines is 1. The van der Waals surface area contributed by atoms with E-state index >= 15 is 0 Å². The van der Waals surface area contributed by atoms with E-state index in [-0.39, 0.29) is 0 Å². The number of hydroxylamine groups is 1. The first-order valence-electron chi connectivity index (χ1n) is 9.12. The Morgan fingerprint density at radius 1 is 1.07 bits per heavy atom. The number of carbonyl (C=O) groups is 1. The van der Waals surface area contributed by atoms with Gasteiger partial charge in [0.25, 0.3) is 5.91 Å². The molecule has 8 heteroatoms. The van der Waals surface area contributed by atoms with Gasteiger partial charge in [0.2, 0.25) is 0 Å². The zero-order chi connectivity index (χ0) is 19.3. The number of amides is 1. The number of carbonyl (C=O) groups excluding carboxylic acids is 1. The van der Waals surface area contributed by atoms with Crippen LogP contribution >= 0.6 is 11.3 Å². The van der Waals surface area contributed by atoms with E-state index in [0.29, 0.717) is 4.88 Å². The lowest BCUT2D eigenvalue weighted by atomic mass is 10.2. The molecule has 0 radical (unpaired) electrons. The Morgan fingerprint density at radius 2 is 1.93 bits per heavy atom. The van der Waals surface area contributed by atoms with Crippen molar-refractivity contribution in [1.82, 2.24) is 20.3 Å². The first-order valence-corrected chi connectivity index (χ1v) is 9.93. The minimum atomic E-state index is -0.502. The Bertz CT molecular complexity index is 939. The Morgan fingerprint density at radius 3 is 2.68 bits per heavy atom. The van der Waals surface area contributed by atoms with Gasteiger partial charge in [-0.15, -0.1) is 11.3 Å². The topological polar surface area (TPSA) is 81.6 Å².